The normalized spacial score (nSPS) is 21.5. The van der Waals surface area contributed by atoms with Crippen molar-refractivity contribution < 1.29 is 14.3 Å². The molecule has 1 amide bonds. The van der Waals surface area contributed by atoms with E-state index in [1.807, 2.05) is 11.8 Å². The molecule has 0 saturated carbocycles. The summed E-state index contributed by atoms with van der Waals surface area (Å²) in [4.78, 5) is 25.5. The number of rotatable bonds is 5. The van der Waals surface area contributed by atoms with Gasteiger partial charge >= 0.3 is 5.97 Å². The highest BCUT2D eigenvalue weighted by atomic mass is 16.5. The Kier molecular flexibility index (Phi) is 6.12. The first-order chi connectivity index (χ1) is 8.63. The van der Waals surface area contributed by atoms with Gasteiger partial charge in [-0.25, -0.2) is 0 Å². The first-order valence-electron chi connectivity index (χ1n) is 6.71. The first-order valence-corrected chi connectivity index (χ1v) is 6.71. The van der Waals surface area contributed by atoms with Gasteiger partial charge in [-0.15, -0.1) is 0 Å². The van der Waals surface area contributed by atoms with Gasteiger partial charge in [0.2, 0.25) is 5.91 Å². The molecule has 2 atom stereocenters. The number of hydrogen-bond acceptors (Lipinski definition) is 4. The fraction of sp³-hybridized carbons (Fsp3) is 0.846. The van der Waals surface area contributed by atoms with Gasteiger partial charge in [-0.3, -0.25) is 9.59 Å². The van der Waals surface area contributed by atoms with Crippen molar-refractivity contribution in [3.63, 3.8) is 0 Å². The molecule has 0 aromatic carbocycles. The Labute approximate surface area is 109 Å². The molecular formula is C13H24N2O3. The number of piperidine rings is 1. The van der Waals surface area contributed by atoms with Crippen molar-refractivity contribution in [2.75, 3.05) is 20.2 Å². The Morgan fingerprint density at radius 3 is 2.72 bits per heavy atom. The Morgan fingerprint density at radius 2 is 2.17 bits per heavy atom. The van der Waals surface area contributed by atoms with Crippen LogP contribution in [0.25, 0.3) is 0 Å². The zero-order valence-electron chi connectivity index (χ0n) is 11.4. The molecule has 1 fully saturated rings. The molecule has 1 heterocycles. The van der Waals surface area contributed by atoms with Gasteiger partial charge in [0.25, 0.3) is 0 Å². The fourth-order valence-electron chi connectivity index (χ4n) is 2.46. The molecular weight excluding hydrogens is 232 g/mol. The smallest absolute Gasteiger partial charge is 0.307 e. The van der Waals surface area contributed by atoms with Gasteiger partial charge in [-0.1, -0.05) is 6.92 Å². The lowest BCUT2D eigenvalue weighted by Crippen LogP contribution is -2.48. The first kappa shape index (κ1) is 15.0. The molecule has 1 aliphatic heterocycles. The van der Waals surface area contributed by atoms with Crippen LogP contribution in [0.5, 0.6) is 0 Å². The van der Waals surface area contributed by atoms with Crippen LogP contribution >= 0.6 is 0 Å². The fourth-order valence-corrected chi connectivity index (χ4v) is 2.46. The number of carbonyl (C=O) groups is 2. The quantitative estimate of drug-likeness (QED) is 0.742. The summed E-state index contributed by atoms with van der Waals surface area (Å²) in [6.45, 7) is 3.07. The summed E-state index contributed by atoms with van der Waals surface area (Å²) >= 11 is 0. The summed E-state index contributed by atoms with van der Waals surface area (Å²) in [5.41, 5.74) is 5.62. The van der Waals surface area contributed by atoms with Crippen LogP contribution in [0.3, 0.4) is 0 Å². The van der Waals surface area contributed by atoms with Crippen molar-refractivity contribution in [1.29, 1.82) is 0 Å². The predicted molar refractivity (Wildman–Crippen MR) is 68.8 cm³/mol. The minimum Gasteiger partial charge on any atom is -0.469 e. The van der Waals surface area contributed by atoms with Gasteiger partial charge in [0, 0.05) is 19.1 Å². The second-order valence-electron chi connectivity index (χ2n) is 4.80. The van der Waals surface area contributed by atoms with Gasteiger partial charge < -0.3 is 15.4 Å². The summed E-state index contributed by atoms with van der Waals surface area (Å²) in [6.07, 6.45) is 3.98. The van der Waals surface area contributed by atoms with Crippen molar-refractivity contribution in [1.82, 2.24) is 4.90 Å². The van der Waals surface area contributed by atoms with Crippen LogP contribution in [0.15, 0.2) is 0 Å². The summed E-state index contributed by atoms with van der Waals surface area (Å²) in [6, 6.07) is -0.0145. The van der Waals surface area contributed by atoms with Crippen molar-refractivity contribution in [3.8, 4) is 0 Å². The summed E-state index contributed by atoms with van der Waals surface area (Å²) < 4.78 is 4.69. The molecule has 18 heavy (non-hydrogen) atoms. The third-order valence-electron chi connectivity index (χ3n) is 3.67. The van der Waals surface area contributed by atoms with E-state index < -0.39 is 0 Å². The van der Waals surface area contributed by atoms with Crippen LogP contribution in [0, 0.1) is 5.92 Å². The van der Waals surface area contributed by atoms with E-state index in [0.717, 1.165) is 32.2 Å². The van der Waals surface area contributed by atoms with Gasteiger partial charge in [-0.2, -0.15) is 0 Å². The second kappa shape index (κ2) is 7.36. The van der Waals surface area contributed by atoms with Crippen LogP contribution < -0.4 is 5.73 Å². The molecule has 0 radical (unpaired) electrons. The van der Waals surface area contributed by atoms with E-state index in [9.17, 15) is 9.59 Å². The van der Waals surface area contributed by atoms with Crippen LogP contribution in [-0.2, 0) is 14.3 Å². The maximum absolute atomic E-state index is 12.3. The molecule has 2 N–H and O–H groups in total. The molecule has 1 rings (SSSR count). The summed E-state index contributed by atoms with van der Waals surface area (Å²) in [7, 11) is 1.38. The third kappa shape index (κ3) is 3.70. The Bertz CT molecular complexity index is 290. The molecule has 104 valence electrons. The van der Waals surface area contributed by atoms with Crippen molar-refractivity contribution in [2.24, 2.45) is 11.7 Å². The van der Waals surface area contributed by atoms with Crippen molar-refractivity contribution >= 4 is 11.9 Å². The zero-order chi connectivity index (χ0) is 13.5. The molecule has 2 unspecified atom stereocenters. The molecule has 5 nitrogen and oxygen atoms in total. The number of carbonyl (C=O) groups excluding carboxylic acids is 2. The molecule has 0 aromatic heterocycles. The van der Waals surface area contributed by atoms with Crippen molar-refractivity contribution in [3.05, 3.63) is 0 Å². The van der Waals surface area contributed by atoms with Gasteiger partial charge in [-0.05, 0) is 25.7 Å². The molecule has 0 aromatic rings. The van der Waals surface area contributed by atoms with Gasteiger partial charge in [0.05, 0.1) is 19.4 Å². The SMILES string of the molecule is CCC(CN)C(=O)N1CCCCC1CC(=O)OC. The average Bonchev–Trinajstić information content (AvgIpc) is 2.40. The zero-order valence-corrected chi connectivity index (χ0v) is 11.4. The number of ether oxygens (including phenoxy) is 1. The molecule has 0 aliphatic carbocycles. The van der Waals surface area contributed by atoms with Gasteiger partial charge in [0.1, 0.15) is 0 Å². The lowest BCUT2D eigenvalue weighted by atomic mass is 9.96. The summed E-state index contributed by atoms with van der Waals surface area (Å²) in [5, 5.41) is 0. The number of likely N-dealkylation sites (tertiary alicyclic amines) is 1. The van der Waals surface area contributed by atoms with E-state index in [-0.39, 0.29) is 23.8 Å². The second-order valence-corrected chi connectivity index (χ2v) is 4.80. The molecule has 0 bridgehead atoms. The van der Waals surface area contributed by atoms with Crippen LogP contribution in [0.4, 0.5) is 0 Å². The highest BCUT2D eigenvalue weighted by Crippen LogP contribution is 2.22. The maximum atomic E-state index is 12.3. The van der Waals surface area contributed by atoms with Gasteiger partial charge in [0.15, 0.2) is 0 Å². The third-order valence-corrected chi connectivity index (χ3v) is 3.67. The number of nitrogens with two attached hydrogens (primary N) is 1. The van der Waals surface area contributed by atoms with Crippen LogP contribution in [0.2, 0.25) is 0 Å². The Morgan fingerprint density at radius 1 is 1.44 bits per heavy atom. The number of methoxy groups -OCH3 is 1. The standard InChI is InChI=1S/C13H24N2O3/c1-3-10(9-14)13(17)15-7-5-4-6-11(15)8-12(16)18-2/h10-11H,3-9,14H2,1-2H3. The Hall–Kier alpha value is -1.10. The number of nitrogens with zero attached hydrogens (tertiary/aromatic N) is 1. The highest BCUT2D eigenvalue weighted by Gasteiger charge is 2.31. The predicted octanol–water partition coefficient (Wildman–Crippen LogP) is 0.915. The largest absolute Gasteiger partial charge is 0.469 e. The average molecular weight is 256 g/mol. The van der Waals surface area contributed by atoms with E-state index in [2.05, 4.69) is 0 Å². The van der Waals surface area contributed by atoms with Crippen molar-refractivity contribution in [2.45, 2.75) is 45.1 Å². The highest BCUT2D eigenvalue weighted by molar-refractivity contribution is 5.80. The monoisotopic (exact) mass is 256 g/mol. The molecule has 0 spiro atoms. The minimum atomic E-state index is -0.250. The molecule has 5 heteroatoms. The lowest BCUT2D eigenvalue weighted by molar-refractivity contribution is -0.146. The minimum absolute atomic E-state index is 0.0145. The van der Waals surface area contributed by atoms with Crippen LogP contribution in [-0.4, -0.2) is 43.0 Å². The topological polar surface area (TPSA) is 72.6 Å². The number of amides is 1. The number of esters is 1. The van der Waals surface area contributed by atoms with E-state index in [1.165, 1.54) is 7.11 Å². The molecule has 1 saturated heterocycles. The van der Waals surface area contributed by atoms with Crippen LogP contribution in [0.1, 0.15) is 39.0 Å². The lowest BCUT2D eigenvalue weighted by Gasteiger charge is -2.37. The van der Waals surface area contributed by atoms with E-state index in [0.29, 0.717) is 13.0 Å². The summed E-state index contributed by atoms with van der Waals surface area (Å²) in [5.74, 6) is -0.280. The Balaban J connectivity index is 2.69. The van der Waals surface area contributed by atoms with E-state index in [4.69, 9.17) is 10.5 Å². The van der Waals surface area contributed by atoms with E-state index in [1.54, 1.807) is 0 Å². The molecule has 1 aliphatic rings. The van der Waals surface area contributed by atoms with E-state index >= 15 is 0 Å². The maximum Gasteiger partial charge on any atom is 0.307 e. The number of hydrogen-bond donors (Lipinski definition) is 1.